The smallest absolute Gasteiger partial charge is 0.166 e. The number of fused-ring (bicyclic) bond motifs is 2. The third-order valence-electron chi connectivity index (χ3n) is 8.37. The Morgan fingerprint density at radius 2 is 1.58 bits per heavy atom. The van der Waals surface area contributed by atoms with Gasteiger partial charge in [-0.1, -0.05) is 89.1 Å². The fourth-order valence-electron chi connectivity index (χ4n) is 5.94. The maximum absolute atomic E-state index is 15.6. The van der Waals surface area contributed by atoms with Gasteiger partial charge in [0.15, 0.2) is 11.7 Å². The highest BCUT2D eigenvalue weighted by Crippen LogP contribution is 2.35. The zero-order chi connectivity index (χ0) is 30.6. The van der Waals surface area contributed by atoms with Gasteiger partial charge < -0.3 is 0 Å². The van der Waals surface area contributed by atoms with E-state index in [0.29, 0.717) is 5.69 Å². The van der Waals surface area contributed by atoms with Crippen LogP contribution in [0.4, 0.5) is 14.5 Å². The number of unbranched alkanes of at least 4 members (excludes halogenated alkanes) is 1. The Morgan fingerprint density at radius 1 is 0.860 bits per heavy atom. The van der Waals surface area contributed by atoms with Crippen LogP contribution in [0.5, 0.6) is 0 Å². The minimum Gasteiger partial charge on any atom is -0.203 e. The molecule has 0 N–H and O–H groups in total. The number of nitrogens with zero attached hydrogens (tertiary/aromatic N) is 1. The van der Waals surface area contributed by atoms with Crippen LogP contribution in [-0.4, -0.2) is 5.16 Å². The monoisotopic (exact) mass is 589 g/mol. The Morgan fingerprint density at radius 3 is 2.33 bits per heavy atom. The fourth-order valence-corrected chi connectivity index (χ4v) is 6.05. The average Bonchev–Trinajstić information content (AvgIpc) is 3.01. The molecule has 1 aliphatic carbocycles. The summed E-state index contributed by atoms with van der Waals surface area (Å²) in [6, 6.07) is 22.2. The van der Waals surface area contributed by atoms with Gasteiger partial charge in [0.1, 0.15) is 0 Å². The third kappa shape index (κ3) is 7.19. The number of hydrogen-bond acceptors (Lipinski definition) is 2. The van der Waals surface area contributed by atoms with E-state index in [2.05, 4.69) is 80.1 Å². The third-order valence-corrected chi connectivity index (χ3v) is 8.46. The van der Waals surface area contributed by atoms with Crippen molar-refractivity contribution in [2.24, 2.45) is 10.9 Å². The maximum Gasteiger partial charge on any atom is 0.166 e. The van der Waals surface area contributed by atoms with Crippen molar-refractivity contribution >= 4 is 45.5 Å². The highest BCUT2D eigenvalue weighted by atomic mass is 32.1. The van der Waals surface area contributed by atoms with E-state index in [1.54, 1.807) is 36.4 Å². The second-order valence-corrected chi connectivity index (χ2v) is 12.8. The molecule has 4 aromatic rings. The summed E-state index contributed by atoms with van der Waals surface area (Å²) in [6.07, 6.45) is 7.40. The summed E-state index contributed by atoms with van der Waals surface area (Å²) in [5.74, 6) is 5.70. The van der Waals surface area contributed by atoms with Gasteiger partial charge >= 0.3 is 0 Å². The molecule has 0 aromatic heterocycles. The zero-order valence-electron chi connectivity index (χ0n) is 25.4. The molecule has 5 rings (SSSR count). The van der Waals surface area contributed by atoms with Crippen LogP contribution in [0.1, 0.15) is 92.3 Å². The zero-order valence-corrected chi connectivity index (χ0v) is 26.2. The topological polar surface area (TPSA) is 12.4 Å². The molecule has 4 heteroatoms. The van der Waals surface area contributed by atoms with Crippen molar-refractivity contribution in [3.63, 3.8) is 0 Å². The normalized spacial score (nSPS) is 15.2. The summed E-state index contributed by atoms with van der Waals surface area (Å²) in [5.41, 5.74) is 6.29. The summed E-state index contributed by atoms with van der Waals surface area (Å²) in [5, 5.41) is 3.99. The second-order valence-electron chi connectivity index (χ2n) is 12.6. The van der Waals surface area contributed by atoms with Gasteiger partial charge in [0, 0.05) is 22.3 Å². The van der Waals surface area contributed by atoms with Gasteiger partial charge in [-0.05, 0) is 113 Å². The van der Waals surface area contributed by atoms with Crippen molar-refractivity contribution in [2.75, 3.05) is 0 Å². The Kier molecular flexibility index (Phi) is 9.36. The highest BCUT2D eigenvalue weighted by Gasteiger charge is 2.21. The van der Waals surface area contributed by atoms with Crippen LogP contribution in [0, 0.1) is 17.8 Å². The predicted octanol–water partition coefficient (Wildman–Crippen LogP) is 11.3. The molecule has 0 bridgehead atoms. The molecule has 1 unspecified atom stereocenters. The quantitative estimate of drug-likeness (QED) is 0.0943. The van der Waals surface area contributed by atoms with Crippen molar-refractivity contribution in [1.29, 1.82) is 0 Å². The lowest BCUT2D eigenvalue weighted by atomic mass is 9.81. The Labute approximate surface area is 259 Å². The molecule has 0 saturated heterocycles. The number of benzene rings is 4. The first kappa shape index (κ1) is 30.6. The second kappa shape index (κ2) is 13.2. The number of aryl methyl sites for hydroxylation is 1. The molecular formula is C39H37F2NS. The van der Waals surface area contributed by atoms with Crippen LogP contribution in [0.3, 0.4) is 0 Å². The Hall–Kier alpha value is -3.90. The molecule has 1 aliphatic rings. The highest BCUT2D eigenvalue weighted by molar-refractivity contribution is 7.78. The molecule has 218 valence electrons. The van der Waals surface area contributed by atoms with E-state index < -0.39 is 11.7 Å². The van der Waals surface area contributed by atoms with E-state index in [9.17, 15) is 0 Å². The van der Waals surface area contributed by atoms with E-state index >= 15 is 8.78 Å². The molecule has 4 aromatic carbocycles. The van der Waals surface area contributed by atoms with E-state index in [1.165, 1.54) is 36.8 Å². The number of hydrogen-bond donors (Lipinski definition) is 0. The minimum atomic E-state index is -0.896. The SMILES string of the molecule is CCCCC1CCc2cc(C#Cc3ccc(/C(F)=C(\F)c4ccc5cc(N=C=S)ccc5c4)cc3C(C)(C)C)ccc2C1. The standard InChI is InChI=1S/C39H37F2NS/c1-5-6-7-26-9-12-30-21-27(10-13-29(30)20-26)8-11-28-14-16-34(24-36(28)39(2,3)4)38(41)37(40)33-17-15-32-23-35(42-25-43)19-18-31(32)22-33/h10,13-19,21-24,26H,5-7,9,12,20H2,1-4H3/b38-37+. The molecular weight excluding hydrogens is 552 g/mol. The van der Waals surface area contributed by atoms with Crippen LogP contribution < -0.4 is 0 Å². The molecule has 0 spiro atoms. The van der Waals surface area contributed by atoms with Gasteiger partial charge in [0.2, 0.25) is 0 Å². The van der Waals surface area contributed by atoms with Crippen molar-refractivity contribution < 1.29 is 8.78 Å². The number of isothiocyanates is 1. The summed E-state index contributed by atoms with van der Waals surface area (Å²) >= 11 is 4.68. The summed E-state index contributed by atoms with van der Waals surface area (Å²) in [6.45, 7) is 8.45. The Balaban J connectivity index is 1.43. The number of thiocarbonyl (C=S) groups is 1. The van der Waals surface area contributed by atoms with Gasteiger partial charge in [-0.3, -0.25) is 0 Å². The van der Waals surface area contributed by atoms with Crippen molar-refractivity contribution in [1.82, 2.24) is 0 Å². The largest absolute Gasteiger partial charge is 0.203 e. The first-order valence-corrected chi connectivity index (χ1v) is 15.5. The van der Waals surface area contributed by atoms with E-state index in [4.69, 9.17) is 0 Å². The molecule has 0 saturated carbocycles. The lowest BCUT2D eigenvalue weighted by Gasteiger charge is -2.24. The fraction of sp³-hybridized carbons (Fsp3) is 0.308. The number of rotatable bonds is 6. The van der Waals surface area contributed by atoms with Crippen molar-refractivity contribution in [3.05, 3.63) is 112 Å². The van der Waals surface area contributed by atoms with Gasteiger partial charge in [0.05, 0.1) is 10.8 Å². The molecule has 0 aliphatic heterocycles. The number of halogens is 2. The lowest BCUT2D eigenvalue weighted by Crippen LogP contribution is -2.14. The average molecular weight is 590 g/mol. The van der Waals surface area contributed by atoms with Gasteiger partial charge in [0.25, 0.3) is 0 Å². The summed E-state index contributed by atoms with van der Waals surface area (Å²) in [7, 11) is 0. The van der Waals surface area contributed by atoms with Gasteiger partial charge in [-0.25, -0.2) is 8.78 Å². The van der Waals surface area contributed by atoms with E-state index in [1.807, 2.05) is 18.2 Å². The lowest BCUT2D eigenvalue weighted by molar-refractivity contribution is 0.413. The van der Waals surface area contributed by atoms with Crippen LogP contribution in [0.15, 0.2) is 77.8 Å². The van der Waals surface area contributed by atoms with E-state index in [-0.39, 0.29) is 16.5 Å². The molecule has 0 radical (unpaired) electrons. The van der Waals surface area contributed by atoms with Gasteiger partial charge in [-0.2, -0.15) is 4.99 Å². The van der Waals surface area contributed by atoms with Crippen molar-refractivity contribution in [2.45, 2.75) is 71.6 Å². The first-order chi connectivity index (χ1) is 20.7. The maximum atomic E-state index is 15.6. The molecule has 43 heavy (non-hydrogen) atoms. The molecule has 1 nitrogen and oxygen atoms in total. The van der Waals surface area contributed by atoms with Crippen LogP contribution in [0.25, 0.3) is 22.4 Å². The van der Waals surface area contributed by atoms with Gasteiger partial charge in [-0.15, -0.1) is 0 Å². The summed E-state index contributed by atoms with van der Waals surface area (Å²) in [4.78, 5) is 3.99. The molecule has 0 heterocycles. The minimum absolute atomic E-state index is 0.182. The Bertz CT molecular complexity index is 1810. The number of aliphatic imine (C=N–C) groups is 1. The molecule has 0 amide bonds. The van der Waals surface area contributed by atoms with Crippen LogP contribution in [0.2, 0.25) is 0 Å². The molecule has 0 fully saturated rings. The first-order valence-electron chi connectivity index (χ1n) is 15.1. The van der Waals surface area contributed by atoms with Crippen LogP contribution >= 0.6 is 12.2 Å². The van der Waals surface area contributed by atoms with Crippen molar-refractivity contribution in [3.8, 4) is 11.8 Å². The predicted molar refractivity (Wildman–Crippen MR) is 180 cm³/mol. The van der Waals surface area contributed by atoms with Crippen LogP contribution in [-0.2, 0) is 18.3 Å². The molecule has 1 atom stereocenters. The summed E-state index contributed by atoms with van der Waals surface area (Å²) < 4.78 is 31.1. The van der Waals surface area contributed by atoms with E-state index in [0.717, 1.165) is 46.2 Å².